The SMILES string of the molecule is O=C(NC1CCN(CC(=O)N2CCCC2)CC1)c1cc(Cl)ccc1O. The normalized spacial score (nSPS) is 19.2. The standard InChI is InChI=1S/C18H24ClN3O3/c19-13-3-4-16(23)15(11-13)18(25)20-14-5-9-21(10-6-14)12-17(24)22-7-1-2-8-22/h3-4,11,14,23H,1-2,5-10,12H2,(H,20,25). The zero-order chi connectivity index (χ0) is 17.8. The van der Waals surface area contributed by atoms with Crippen LogP contribution >= 0.6 is 11.6 Å². The van der Waals surface area contributed by atoms with Crippen LogP contribution in [0.3, 0.4) is 0 Å². The van der Waals surface area contributed by atoms with Crippen LogP contribution in [0.25, 0.3) is 0 Å². The lowest BCUT2D eigenvalue weighted by Crippen LogP contribution is -2.47. The van der Waals surface area contributed by atoms with Gasteiger partial charge in [-0.05, 0) is 43.9 Å². The van der Waals surface area contributed by atoms with Crippen LogP contribution in [0, 0.1) is 0 Å². The highest BCUT2D eigenvalue weighted by molar-refractivity contribution is 6.31. The van der Waals surface area contributed by atoms with Crippen molar-refractivity contribution in [1.29, 1.82) is 0 Å². The molecule has 0 aromatic heterocycles. The van der Waals surface area contributed by atoms with E-state index >= 15 is 0 Å². The van der Waals surface area contributed by atoms with Gasteiger partial charge in [0.15, 0.2) is 0 Å². The Kier molecular flexibility index (Phi) is 5.81. The Morgan fingerprint density at radius 3 is 2.52 bits per heavy atom. The Morgan fingerprint density at radius 2 is 1.84 bits per heavy atom. The number of nitrogens with zero attached hydrogens (tertiary/aromatic N) is 2. The van der Waals surface area contributed by atoms with Crippen molar-refractivity contribution >= 4 is 23.4 Å². The molecule has 0 spiro atoms. The third-order valence-corrected chi connectivity index (χ3v) is 5.18. The first-order chi connectivity index (χ1) is 12.0. The maximum Gasteiger partial charge on any atom is 0.255 e. The van der Waals surface area contributed by atoms with Crippen LogP contribution in [0.15, 0.2) is 18.2 Å². The van der Waals surface area contributed by atoms with Crippen LogP contribution in [-0.2, 0) is 4.79 Å². The van der Waals surface area contributed by atoms with Gasteiger partial charge in [0.1, 0.15) is 5.75 Å². The molecule has 3 rings (SSSR count). The van der Waals surface area contributed by atoms with Gasteiger partial charge in [-0.1, -0.05) is 11.6 Å². The molecule has 2 aliphatic rings. The van der Waals surface area contributed by atoms with Gasteiger partial charge in [0, 0.05) is 37.2 Å². The summed E-state index contributed by atoms with van der Waals surface area (Å²) in [7, 11) is 0. The van der Waals surface area contributed by atoms with Crippen molar-refractivity contribution < 1.29 is 14.7 Å². The molecule has 1 aromatic carbocycles. The fourth-order valence-electron chi connectivity index (χ4n) is 3.45. The number of carbonyl (C=O) groups excluding carboxylic acids is 2. The molecule has 2 heterocycles. The highest BCUT2D eigenvalue weighted by Crippen LogP contribution is 2.22. The number of phenols is 1. The van der Waals surface area contributed by atoms with E-state index in [-0.39, 0.29) is 29.2 Å². The quantitative estimate of drug-likeness (QED) is 0.854. The second kappa shape index (κ2) is 8.06. The number of likely N-dealkylation sites (tertiary alicyclic amines) is 2. The molecule has 0 atom stereocenters. The summed E-state index contributed by atoms with van der Waals surface area (Å²) in [4.78, 5) is 28.6. The molecule has 0 bridgehead atoms. The van der Waals surface area contributed by atoms with Crippen LogP contribution in [0.4, 0.5) is 0 Å². The molecule has 0 saturated carbocycles. The summed E-state index contributed by atoms with van der Waals surface area (Å²) in [5.41, 5.74) is 0.194. The molecule has 2 amide bonds. The number of hydrogen-bond donors (Lipinski definition) is 2. The van der Waals surface area contributed by atoms with Crippen LogP contribution < -0.4 is 5.32 Å². The number of phenolic OH excluding ortho intramolecular Hbond substituents is 1. The van der Waals surface area contributed by atoms with E-state index in [1.54, 1.807) is 6.07 Å². The molecule has 2 aliphatic heterocycles. The van der Waals surface area contributed by atoms with Gasteiger partial charge in [-0.25, -0.2) is 0 Å². The number of aromatic hydroxyl groups is 1. The van der Waals surface area contributed by atoms with Gasteiger partial charge in [-0.15, -0.1) is 0 Å². The summed E-state index contributed by atoms with van der Waals surface area (Å²) in [5, 5.41) is 13.2. The highest BCUT2D eigenvalue weighted by atomic mass is 35.5. The van der Waals surface area contributed by atoms with Crippen molar-refractivity contribution in [3.8, 4) is 5.75 Å². The summed E-state index contributed by atoms with van der Waals surface area (Å²) in [6, 6.07) is 4.48. The monoisotopic (exact) mass is 365 g/mol. The largest absolute Gasteiger partial charge is 0.507 e. The third kappa shape index (κ3) is 4.64. The molecule has 25 heavy (non-hydrogen) atoms. The van der Waals surface area contributed by atoms with Gasteiger partial charge < -0.3 is 15.3 Å². The third-order valence-electron chi connectivity index (χ3n) is 4.94. The van der Waals surface area contributed by atoms with Gasteiger partial charge in [0.05, 0.1) is 12.1 Å². The van der Waals surface area contributed by atoms with E-state index in [2.05, 4.69) is 10.2 Å². The molecule has 2 N–H and O–H groups in total. The van der Waals surface area contributed by atoms with Crippen LogP contribution in [0.1, 0.15) is 36.0 Å². The Balaban J connectivity index is 1.46. The number of hydrogen-bond acceptors (Lipinski definition) is 4. The smallest absolute Gasteiger partial charge is 0.255 e. The molecule has 0 aliphatic carbocycles. The minimum atomic E-state index is -0.313. The zero-order valence-corrected chi connectivity index (χ0v) is 15.0. The van der Waals surface area contributed by atoms with Crippen molar-refractivity contribution in [3.05, 3.63) is 28.8 Å². The average Bonchev–Trinajstić information content (AvgIpc) is 3.13. The van der Waals surface area contributed by atoms with E-state index in [1.807, 2.05) is 4.90 Å². The van der Waals surface area contributed by atoms with Gasteiger partial charge in [-0.3, -0.25) is 14.5 Å². The summed E-state index contributed by atoms with van der Waals surface area (Å²) < 4.78 is 0. The van der Waals surface area contributed by atoms with E-state index in [4.69, 9.17) is 11.6 Å². The maximum atomic E-state index is 12.3. The van der Waals surface area contributed by atoms with Gasteiger partial charge >= 0.3 is 0 Å². The van der Waals surface area contributed by atoms with Gasteiger partial charge in [-0.2, -0.15) is 0 Å². The first-order valence-electron chi connectivity index (χ1n) is 8.82. The number of piperidine rings is 1. The van der Waals surface area contributed by atoms with Gasteiger partial charge in [0.25, 0.3) is 5.91 Å². The van der Waals surface area contributed by atoms with Crippen molar-refractivity contribution in [2.24, 2.45) is 0 Å². The van der Waals surface area contributed by atoms with Crippen molar-refractivity contribution in [2.75, 3.05) is 32.7 Å². The van der Waals surface area contributed by atoms with Crippen molar-refractivity contribution in [2.45, 2.75) is 31.7 Å². The molecule has 2 fully saturated rings. The fraction of sp³-hybridized carbons (Fsp3) is 0.556. The second-order valence-electron chi connectivity index (χ2n) is 6.77. The predicted molar refractivity (Wildman–Crippen MR) is 95.9 cm³/mol. The highest BCUT2D eigenvalue weighted by Gasteiger charge is 2.25. The Labute approximate surface area is 152 Å². The Morgan fingerprint density at radius 1 is 1.16 bits per heavy atom. The predicted octanol–water partition coefficient (Wildman–Crippen LogP) is 1.86. The van der Waals surface area contributed by atoms with E-state index < -0.39 is 0 Å². The van der Waals surface area contributed by atoms with Crippen LogP contribution in [0.5, 0.6) is 5.75 Å². The average molecular weight is 366 g/mol. The molecule has 6 nitrogen and oxygen atoms in total. The first kappa shape index (κ1) is 18.0. The molecule has 136 valence electrons. The maximum absolute atomic E-state index is 12.3. The molecule has 7 heteroatoms. The number of carbonyl (C=O) groups is 2. The lowest BCUT2D eigenvalue weighted by Gasteiger charge is -2.32. The first-order valence-corrected chi connectivity index (χ1v) is 9.20. The number of rotatable bonds is 4. The Hall–Kier alpha value is -1.79. The zero-order valence-electron chi connectivity index (χ0n) is 14.2. The Bertz CT molecular complexity index is 638. The molecular formula is C18H24ClN3O3. The minimum absolute atomic E-state index is 0.0454. The minimum Gasteiger partial charge on any atom is -0.507 e. The summed E-state index contributed by atoms with van der Waals surface area (Å²) in [6.45, 7) is 3.80. The molecular weight excluding hydrogens is 342 g/mol. The molecule has 2 saturated heterocycles. The molecule has 1 aromatic rings. The summed E-state index contributed by atoms with van der Waals surface area (Å²) in [5.74, 6) is -0.175. The number of nitrogens with one attached hydrogen (secondary N) is 1. The van der Waals surface area contributed by atoms with E-state index in [0.29, 0.717) is 11.6 Å². The van der Waals surface area contributed by atoms with Gasteiger partial charge in [0.2, 0.25) is 5.91 Å². The van der Waals surface area contributed by atoms with Crippen molar-refractivity contribution in [1.82, 2.24) is 15.1 Å². The van der Waals surface area contributed by atoms with E-state index in [0.717, 1.165) is 51.9 Å². The number of halogens is 1. The lowest BCUT2D eigenvalue weighted by atomic mass is 10.0. The molecule has 0 radical (unpaired) electrons. The summed E-state index contributed by atoms with van der Waals surface area (Å²) in [6.07, 6.45) is 3.80. The number of amides is 2. The molecule has 0 unspecified atom stereocenters. The second-order valence-corrected chi connectivity index (χ2v) is 7.21. The summed E-state index contributed by atoms with van der Waals surface area (Å²) >= 11 is 5.89. The topological polar surface area (TPSA) is 72.9 Å². The fourth-order valence-corrected chi connectivity index (χ4v) is 3.62. The van der Waals surface area contributed by atoms with Crippen LogP contribution in [0.2, 0.25) is 5.02 Å². The van der Waals surface area contributed by atoms with E-state index in [9.17, 15) is 14.7 Å². The van der Waals surface area contributed by atoms with E-state index in [1.165, 1.54) is 12.1 Å². The number of benzene rings is 1. The lowest BCUT2D eigenvalue weighted by molar-refractivity contribution is -0.131. The van der Waals surface area contributed by atoms with Crippen LogP contribution in [-0.4, -0.2) is 65.5 Å². The van der Waals surface area contributed by atoms with Crippen molar-refractivity contribution in [3.63, 3.8) is 0 Å².